The maximum Gasteiger partial charge on any atom is 0.322 e. The van der Waals surface area contributed by atoms with Crippen LogP contribution in [-0.4, -0.2) is 18.5 Å². The fourth-order valence-corrected chi connectivity index (χ4v) is 1.66. The molecular formula is C12H14N2O3. The highest BCUT2D eigenvalue weighted by atomic mass is 16.5. The lowest BCUT2D eigenvalue weighted by Gasteiger charge is -2.10. The average molecular weight is 234 g/mol. The Balaban J connectivity index is 2.15. The molecule has 1 saturated heterocycles. The summed E-state index contributed by atoms with van der Waals surface area (Å²) in [4.78, 5) is 22.5. The van der Waals surface area contributed by atoms with Crippen LogP contribution >= 0.6 is 0 Å². The van der Waals surface area contributed by atoms with E-state index in [0.29, 0.717) is 12.4 Å². The van der Waals surface area contributed by atoms with Gasteiger partial charge >= 0.3 is 6.03 Å². The van der Waals surface area contributed by atoms with E-state index < -0.39 is 12.1 Å². The van der Waals surface area contributed by atoms with E-state index in [1.54, 1.807) is 18.2 Å². The third kappa shape index (κ3) is 2.55. The maximum absolute atomic E-state index is 11.5. The van der Waals surface area contributed by atoms with Crippen LogP contribution < -0.4 is 15.4 Å². The van der Waals surface area contributed by atoms with E-state index in [9.17, 15) is 9.59 Å². The van der Waals surface area contributed by atoms with Gasteiger partial charge in [-0.05, 0) is 24.1 Å². The highest BCUT2D eigenvalue weighted by Crippen LogP contribution is 2.21. The Kier molecular flexibility index (Phi) is 3.27. The van der Waals surface area contributed by atoms with Crippen molar-refractivity contribution in [3.63, 3.8) is 0 Å². The van der Waals surface area contributed by atoms with Crippen LogP contribution in [0.3, 0.4) is 0 Å². The molecule has 5 heteroatoms. The lowest BCUT2D eigenvalue weighted by molar-refractivity contribution is -0.120. The molecule has 0 bridgehead atoms. The van der Waals surface area contributed by atoms with Gasteiger partial charge in [0.1, 0.15) is 11.8 Å². The third-order valence-electron chi connectivity index (χ3n) is 2.44. The molecule has 1 aromatic rings. The van der Waals surface area contributed by atoms with Gasteiger partial charge in [0.2, 0.25) is 0 Å². The van der Waals surface area contributed by atoms with Crippen LogP contribution in [0.4, 0.5) is 4.79 Å². The molecule has 1 unspecified atom stereocenters. The molecular weight excluding hydrogens is 220 g/mol. The zero-order valence-corrected chi connectivity index (χ0v) is 9.53. The molecule has 0 aromatic heterocycles. The van der Waals surface area contributed by atoms with Crippen molar-refractivity contribution in [2.45, 2.75) is 19.4 Å². The summed E-state index contributed by atoms with van der Waals surface area (Å²) in [5.41, 5.74) is 0.724. The molecule has 1 atom stereocenters. The molecule has 3 amide bonds. The highest BCUT2D eigenvalue weighted by molar-refractivity contribution is 6.04. The predicted octanol–water partition coefficient (Wildman–Crippen LogP) is 1.36. The molecule has 90 valence electrons. The monoisotopic (exact) mass is 234 g/mol. The Morgan fingerprint density at radius 3 is 2.82 bits per heavy atom. The van der Waals surface area contributed by atoms with Crippen molar-refractivity contribution >= 4 is 11.9 Å². The van der Waals surface area contributed by atoms with Crippen LogP contribution in [0.2, 0.25) is 0 Å². The van der Waals surface area contributed by atoms with Gasteiger partial charge in [-0.15, -0.1) is 0 Å². The quantitative estimate of drug-likeness (QED) is 0.773. The van der Waals surface area contributed by atoms with Gasteiger partial charge in [-0.1, -0.05) is 19.1 Å². The molecule has 1 heterocycles. The molecule has 1 aromatic carbocycles. The molecule has 0 spiro atoms. The summed E-state index contributed by atoms with van der Waals surface area (Å²) in [5.74, 6) is 0.376. The molecule has 5 nitrogen and oxygen atoms in total. The van der Waals surface area contributed by atoms with Gasteiger partial charge in [0.15, 0.2) is 0 Å². The van der Waals surface area contributed by atoms with E-state index in [-0.39, 0.29) is 5.91 Å². The molecule has 1 aliphatic heterocycles. The number of nitrogens with one attached hydrogen (secondary N) is 2. The van der Waals surface area contributed by atoms with Crippen LogP contribution in [-0.2, 0) is 4.79 Å². The summed E-state index contributed by atoms with van der Waals surface area (Å²) in [6, 6.07) is 6.11. The Morgan fingerprint density at radius 1 is 1.35 bits per heavy atom. The molecule has 0 aliphatic carbocycles. The summed E-state index contributed by atoms with van der Waals surface area (Å²) in [7, 11) is 0. The smallest absolute Gasteiger partial charge is 0.322 e. The number of benzene rings is 1. The minimum absolute atomic E-state index is 0.331. The standard InChI is InChI=1S/C12H14N2O3/c1-2-6-17-9-5-3-4-8(7-9)10-11(15)14-12(16)13-10/h3-5,7,10H,2,6H2,1H3,(H2,13,14,15,16). The number of carbonyl (C=O) groups excluding carboxylic acids is 2. The van der Waals surface area contributed by atoms with Crippen molar-refractivity contribution in [3.05, 3.63) is 29.8 Å². The van der Waals surface area contributed by atoms with Crippen LogP contribution in [0.15, 0.2) is 24.3 Å². The van der Waals surface area contributed by atoms with Crippen molar-refractivity contribution < 1.29 is 14.3 Å². The fraction of sp³-hybridized carbons (Fsp3) is 0.333. The fourth-order valence-electron chi connectivity index (χ4n) is 1.66. The average Bonchev–Trinajstić information content (AvgIpc) is 2.66. The first kappa shape index (κ1) is 11.4. The summed E-state index contributed by atoms with van der Waals surface area (Å²) in [6.45, 7) is 2.65. The predicted molar refractivity (Wildman–Crippen MR) is 61.6 cm³/mol. The molecule has 1 aliphatic rings. The zero-order valence-electron chi connectivity index (χ0n) is 9.53. The van der Waals surface area contributed by atoms with Crippen LogP contribution in [0.1, 0.15) is 24.9 Å². The first-order valence-corrected chi connectivity index (χ1v) is 5.55. The number of hydrogen-bond donors (Lipinski definition) is 2. The van der Waals surface area contributed by atoms with Gasteiger partial charge in [-0.2, -0.15) is 0 Å². The molecule has 2 rings (SSSR count). The summed E-state index contributed by atoms with van der Waals surface area (Å²) in [5, 5.41) is 4.75. The molecule has 2 N–H and O–H groups in total. The van der Waals surface area contributed by atoms with Crippen LogP contribution in [0.25, 0.3) is 0 Å². The van der Waals surface area contributed by atoms with Crippen molar-refractivity contribution in [3.8, 4) is 5.75 Å². The van der Waals surface area contributed by atoms with E-state index >= 15 is 0 Å². The van der Waals surface area contributed by atoms with Crippen molar-refractivity contribution in [2.75, 3.05) is 6.61 Å². The van der Waals surface area contributed by atoms with Gasteiger partial charge in [-0.3, -0.25) is 10.1 Å². The molecule has 0 radical (unpaired) electrons. The van der Waals surface area contributed by atoms with Gasteiger partial charge in [0.25, 0.3) is 5.91 Å². The van der Waals surface area contributed by atoms with Gasteiger partial charge < -0.3 is 10.1 Å². The zero-order chi connectivity index (χ0) is 12.3. The summed E-state index contributed by atoms with van der Waals surface area (Å²) in [6.07, 6.45) is 0.922. The summed E-state index contributed by atoms with van der Waals surface area (Å²) >= 11 is 0. The molecule has 17 heavy (non-hydrogen) atoms. The molecule has 1 fully saturated rings. The number of ether oxygens (including phenoxy) is 1. The Hall–Kier alpha value is -2.04. The largest absolute Gasteiger partial charge is 0.494 e. The highest BCUT2D eigenvalue weighted by Gasteiger charge is 2.30. The second kappa shape index (κ2) is 4.86. The van der Waals surface area contributed by atoms with Crippen molar-refractivity contribution in [1.29, 1.82) is 0 Å². The first-order valence-electron chi connectivity index (χ1n) is 5.55. The Morgan fingerprint density at radius 2 is 2.18 bits per heavy atom. The van der Waals surface area contributed by atoms with E-state index in [2.05, 4.69) is 10.6 Å². The van der Waals surface area contributed by atoms with E-state index in [4.69, 9.17) is 4.74 Å². The second-order valence-corrected chi connectivity index (χ2v) is 3.82. The number of imide groups is 1. The van der Waals surface area contributed by atoms with Crippen molar-refractivity contribution in [1.82, 2.24) is 10.6 Å². The maximum atomic E-state index is 11.5. The lowest BCUT2D eigenvalue weighted by Crippen LogP contribution is -2.22. The van der Waals surface area contributed by atoms with Crippen LogP contribution in [0.5, 0.6) is 5.75 Å². The third-order valence-corrected chi connectivity index (χ3v) is 2.44. The van der Waals surface area contributed by atoms with Gasteiger partial charge in [0, 0.05) is 0 Å². The van der Waals surface area contributed by atoms with Crippen molar-refractivity contribution in [2.24, 2.45) is 0 Å². The number of rotatable bonds is 4. The number of amides is 3. The Bertz CT molecular complexity index is 445. The van der Waals surface area contributed by atoms with E-state index in [0.717, 1.165) is 12.0 Å². The van der Waals surface area contributed by atoms with E-state index in [1.165, 1.54) is 0 Å². The van der Waals surface area contributed by atoms with E-state index in [1.807, 2.05) is 13.0 Å². The summed E-state index contributed by atoms with van der Waals surface area (Å²) < 4.78 is 5.47. The number of carbonyl (C=O) groups is 2. The number of hydrogen-bond acceptors (Lipinski definition) is 3. The van der Waals surface area contributed by atoms with Gasteiger partial charge in [0.05, 0.1) is 6.61 Å². The second-order valence-electron chi connectivity index (χ2n) is 3.82. The SMILES string of the molecule is CCCOc1cccc(C2NC(=O)NC2=O)c1. The first-order chi connectivity index (χ1) is 8.20. The van der Waals surface area contributed by atoms with Gasteiger partial charge in [-0.25, -0.2) is 4.79 Å². The topological polar surface area (TPSA) is 67.4 Å². The minimum atomic E-state index is -0.618. The Labute approximate surface area is 99.2 Å². The molecule has 0 saturated carbocycles. The number of urea groups is 1. The normalized spacial score (nSPS) is 18.8. The minimum Gasteiger partial charge on any atom is -0.494 e. The lowest BCUT2D eigenvalue weighted by atomic mass is 10.1. The van der Waals surface area contributed by atoms with Crippen LogP contribution in [0, 0.1) is 0 Å².